The van der Waals surface area contributed by atoms with Crippen LogP contribution in [0.3, 0.4) is 0 Å². The smallest absolute Gasteiger partial charge is 0.357 e. The topological polar surface area (TPSA) is 65.5 Å². The molecule has 0 saturated carbocycles. The van der Waals surface area contributed by atoms with E-state index in [1.165, 1.54) is 0 Å². The molecule has 0 aliphatic heterocycles. The average molecular weight is 335 g/mol. The van der Waals surface area contributed by atoms with E-state index in [1.807, 2.05) is 24.3 Å². The van der Waals surface area contributed by atoms with Gasteiger partial charge in [0.1, 0.15) is 11.4 Å². The van der Waals surface area contributed by atoms with Crippen LogP contribution < -0.4 is 4.74 Å². The molecule has 0 radical (unpaired) electrons. The van der Waals surface area contributed by atoms with Crippen LogP contribution in [0, 0.1) is 0 Å². The van der Waals surface area contributed by atoms with Crippen molar-refractivity contribution in [1.82, 2.24) is 4.98 Å². The van der Waals surface area contributed by atoms with Crippen LogP contribution in [0.2, 0.25) is 0 Å². The summed E-state index contributed by atoms with van der Waals surface area (Å²) in [6, 6.07) is 17.5. The number of benzene rings is 2. The Morgan fingerprint density at radius 3 is 2.40 bits per heavy atom. The van der Waals surface area contributed by atoms with Gasteiger partial charge in [-0.1, -0.05) is 24.3 Å². The molecule has 0 spiro atoms. The largest absolute Gasteiger partial charge is 0.497 e. The van der Waals surface area contributed by atoms with Crippen LogP contribution in [0.1, 0.15) is 27.8 Å². The van der Waals surface area contributed by atoms with Gasteiger partial charge in [-0.3, -0.25) is 4.79 Å². The lowest BCUT2D eigenvalue weighted by molar-refractivity contribution is 0.0313. The minimum absolute atomic E-state index is 0.174. The molecule has 0 saturated heterocycles. The van der Waals surface area contributed by atoms with Crippen molar-refractivity contribution < 1.29 is 19.1 Å². The fourth-order valence-corrected chi connectivity index (χ4v) is 2.44. The second kappa shape index (κ2) is 7.13. The number of rotatable bonds is 5. The number of ether oxygens (including phenoxy) is 2. The fourth-order valence-electron chi connectivity index (χ4n) is 2.44. The van der Waals surface area contributed by atoms with Gasteiger partial charge in [0.05, 0.1) is 12.6 Å². The van der Waals surface area contributed by atoms with Gasteiger partial charge in [-0.15, -0.1) is 0 Å². The summed E-state index contributed by atoms with van der Waals surface area (Å²) in [7, 11) is 1.55. The maximum atomic E-state index is 12.4. The normalized spacial score (nSPS) is 11.8. The van der Waals surface area contributed by atoms with E-state index < -0.39 is 12.1 Å². The van der Waals surface area contributed by atoms with Crippen molar-refractivity contribution in [3.63, 3.8) is 0 Å². The van der Waals surface area contributed by atoms with Gasteiger partial charge in [-0.05, 0) is 43.3 Å². The molecule has 25 heavy (non-hydrogen) atoms. The lowest BCUT2D eigenvalue weighted by Gasteiger charge is -2.12. The van der Waals surface area contributed by atoms with Gasteiger partial charge in [-0.2, -0.15) is 0 Å². The average Bonchev–Trinajstić information content (AvgIpc) is 2.67. The van der Waals surface area contributed by atoms with Crippen molar-refractivity contribution in [2.75, 3.05) is 7.11 Å². The third-order valence-electron chi connectivity index (χ3n) is 3.84. The highest BCUT2D eigenvalue weighted by atomic mass is 16.5. The van der Waals surface area contributed by atoms with Crippen LogP contribution >= 0.6 is 0 Å². The Morgan fingerprint density at radius 1 is 0.960 bits per heavy atom. The molecule has 0 fully saturated rings. The number of hydrogen-bond acceptors (Lipinski definition) is 5. The summed E-state index contributed by atoms with van der Waals surface area (Å²) < 4.78 is 10.3. The first kappa shape index (κ1) is 16.6. The lowest BCUT2D eigenvalue weighted by Crippen LogP contribution is -2.24. The Kier molecular flexibility index (Phi) is 4.75. The molecule has 3 rings (SSSR count). The summed E-state index contributed by atoms with van der Waals surface area (Å²) in [6.45, 7) is 1.55. The van der Waals surface area contributed by atoms with Crippen molar-refractivity contribution in [1.29, 1.82) is 0 Å². The van der Waals surface area contributed by atoms with E-state index >= 15 is 0 Å². The Morgan fingerprint density at radius 2 is 1.68 bits per heavy atom. The van der Waals surface area contributed by atoms with Gasteiger partial charge in [-0.25, -0.2) is 9.78 Å². The number of pyridine rings is 1. The Bertz CT molecular complexity index is 918. The van der Waals surface area contributed by atoms with E-state index in [-0.39, 0.29) is 11.5 Å². The number of esters is 1. The molecule has 1 aromatic heterocycles. The molecule has 5 heteroatoms. The summed E-state index contributed by atoms with van der Waals surface area (Å²) in [4.78, 5) is 28.9. The van der Waals surface area contributed by atoms with Gasteiger partial charge < -0.3 is 9.47 Å². The van der Waals surface area contributed by atoms with Crippen LogP contribution in [-0.2, 0) is 4.74 Å². The molecule has 0 aliphatic rings. The third kappa shape index (κ3) is 3.66. The van der Waals surface area contributed by atoms with Crippen molar-refractivity contribution in [3.8, 4) is 5.75 Å². The highest BCUT2D eigenvalue weighted by Gasteiger charge is 2.21. The predicted octanol–water partition coefficient (Wildman–Crippen LogP) is 3.67. The summed E-state index contributed by atoms with van der Waals surface area (Å²) in [5.41, 5.74) is 1.33. The second-order valence-electron chi connectivity index (χ2n) is 5.53. The van der Waals surface area contributed by atoms with Crippen LogP contribution in [-0.4, -0.2) is 30.0 Å². The molecule has 0 aliphatic carbocycles. The van der Waals surface area contributed by atoms with E-state index in [0.29, 0.717) is 16.8 Å². The number of fused-ring (bicyclic) bond motifs is 1. The van der Waals surface area contributed by atoms with Crippen molar-refractivity contribution in [2.24, 2.45) is 0 Å². The molecule has 0 bridgehead atoms. The Hall–Kier alpha value is -3.21. The number of para-hydroxylation sites is 1. The Balaban J connectivity index is 1.72. The molecule has 126 valence electrons. The lowest BCUT2D eigenvalue weighted by atomic mass is 10.1. The molecule has 0 N–H and O–H groups in total. The standard InChI is InChI=1S/C20H17NO4/c1-13(19(22)15-7-10-16(24-2)11-8-15)25-20(23)18-12-9-14-5-3-4-6-17(14)21-18/h3-13H,1-2H3. The molecule has 3 aromatic rings. The number of aromatic nitrogens is 1. The summed E-state index contributed by atoms with van der Waals surface area (Å²) in [6.07, 6.45) is -0.908. The number of Topliss-reactive ketones (excluding diaryl/α,β-unsaturated/α-hetero) is 1. The molecule has 2 aromatic carbocycles. The number of carbonyl (C=O) groups excluding carboxylic acids is 2. The van der Waals surface area contributed by atoms with Crippen molar-refractivity contribution in [2.45, 2.75) is 13.0 Å². The van der Waals surface area contributed by atoms with Crippen LogP contribution in [0.15, 0.2) is 60.7 Å². The van der Waals surface area contributed by atoms with Crippen LogP contribution in [0.4, 0.5) is 0 Å². The number of nitrogens with zero attached hydrogens (tertiary/aromatic N) is 1. The third-order valence-corrected chi connectivity index (χ3v) is 3.84. The number of carbonyl (C=O) groups is 2. The van der Waals surface area contributed by atoms with Crippen molar-refractivity contribution >= 4 is 22.7 Å². The zero-order chi connectivity index (χ0) is 17.8. The highest BCUT2D eigenvalue weighted by molar-refractivity contribution is 6.01. The highest BCUT2D eigenvalue weighted by Crippen LogP contribution is 2.16. The molecule has 1 unspecified atom stereocenters. The molecule has 1 atom stereocenters. The molecule has 5 nitrogen and oxygen atoms in total. The van der Waals surface area contributed by atoms with E-state index in [2.05, 4.69) is 4.98 Å². The van der Waals surface area contributed by atoms with Gasteiger partial charge in [0.25, 0.3) is 0 Å². The van der Waals surface area contributed by atoms with Crippen molar-refractivity contribution in [3.05, 3.63) is 71.9 Å². The number of hydrogen-bond donors (Lipinski definition) is 0. The van der Waals surface area contributed by atoms with Crippen LogP contribution in [0.5, 0.6) is 5.75 Å². The summed E-state index contributed by atoms with van der Waals surface area (Å²) in [5.74, 6) is -0.251. The van der Waals surface area contributed by atoms with Gasteiger partial charge in [0.2, 0.25) is 5.78 Å². The maximum absolute atomic E-state index is 12.4. The molecular formula is C20H17NO4. The quantitative estimate of drug-likeness (QED) is 0.526. The predicted molar refractivity (Wildman–Crippen MR) is 93.9 cm³/mol. The zero-order valence-electron chi connectivity index (χ0n) is 13.9. The van der Waals surface area contributed by atoms with Gasteiger partial charge in [0.15, 0.2) is 6.10 Å². The number of ketones is 1. The fraction of sp³-hybridized carbons (Fsp3) is 0.150. The number of methoxy groups -OCH3 is 1. The first-order valence-corrected chi connectivity index (χ1v) is 7.83. The summed E-state index contributed by atoms with van der Waals surface area (Å²) >= 11 is 0. The zero-order valence-corrected chi connectivity index (χ0v) is 13.9. The maximum Gasteiger partial charge on any atom is 0.357 e. The van der Waals surface area contributed by atoms with E-state index in [0.717, 1.165) is 5.39 Å². The molecule has 0 amide bonds. The molecule has 1 heterocycles. The SMILES string of the molecule is COc1ccc(C(=O)C(C)OC(=O)c2ccc3ccccc3n2)cc1. The Labute approximate surface area is 145 Å². The minimum atomic E-state index is -0.908. The van der Waals surface area contributed by atoms with E-state index in [9.17, 15) is 9.59 Å². The second-order valence-corrected chi connectivity index (χ2v) is 5.53. The summed E-state index contributed by atoms with van der Waals surface area (Å²) in [5, 5.41) is 0.932. The molecular weight excluding hydrogens is 318 g/mol. The minimum Gasteiger partial charge on any atom is -0.497 e. The monoisotopic (exact) mass is 335 g/mol. The van der Waals surface area contributed by atoms with Crippen LogP contribution in [0.25, 0.3) is 10.9 Å². The first-order valence-electron chi connectivity index (χ1n) is 7.83. The van der Waals surface area contributed by atoms with E-state index in [4.69, 9.17) is 9.47 Å². The van der Waals surface area contributed by atoms with Gasteiger partial charge >= 0.3 is 5.97 Å². The first-order chi connectivity index (χ1) is 12.1. The van der Waals surface area contributed by atoms with Gasteiger partial charge in [0, 0.05) is 10.9 Å². The van der Waals surface area contributed by atoms with E-state index in [1.54, 1.807) is 50.4 Å².